The van der Waals surface area contributed by atoms with Crippen molar-refractivity contribution >= 4 is 34.0 Å². The molecule has 3 heterocycles. The Labute approximate surface area is 227 Å². The van der Waals surface area contributed by atoms with Gasteiger partial charge in [0.1, 0.15) is 24.5 Å². The molecule has 0 radical (unpaired) electrons. The summed E-state index contributed by atoms with van der Waals surface area (Å²) in [5.41, 5.74) is 2.69. The Morgan fingerprint density at radius 2 is 2.00 bits per heavy atom. The number of hydrogen-bond acceptors (Lipinski definition) is 9. The van der Waals surface area contributed by atoms with E-state index in [-0.39, 0.29) is 18.1 Å². The number of rotatable bonds is 10. The maximum Gasteiger partial charge on any atom is 0.248 e. The first-order valence-corrected chi connectivity index (χ1v) is 12.8. The van der Waals surface area contributed by atoms with E-state index in [1.807, 2.05) is 30.3 Å². The largest absolute Gasteiger partial charge is 0.489 e. The van der Waals surface area contributed by atoms with Crippen LogP contribution in [0.1, 0.15) is 5.56 Å². The van der Waals surface area contributed by atoms with Gasteiger partial charge in [-0.2, -0.15) is 0 Å². The van der Waals surface area contributed by atoms with E-state index in [2.05, 4.69) is 31.4 Å². The summed E-state index contributed by atoms with van der Waals surface area (Å²) in [5, 5.41) is 6.96. The van der Waals surface area contributed by atoms with Gasteiger partial charge in [0, 0.05) is 55.5 Å². The van der Waals surface area contributed by atoms with Crippen molar-refractivity contribution in [2.75, 3.05) is 63.8 Å². The van der Waals surface area contributed by atoms with Gasteiger partial charge in [-0.1, -0.05) is 18.1 Å². The fraction of sp³-hybridized carbons (Fsp3) is 0.345. The van der Waals surface area contributed by atoms with Gasteiger partial charge in [-0.25, -0.2) is 9.97 Å². The van der Waals surface area contributed by atoms with Crippen LogP contribution in [0.4, 0.5) is 17.2 Å². The van der Waals surface area contributed by atoms with Gasteiger partial charge >= 0.3 is 0 Å². The quantitative estimate of drug-likeness (QED) is 0.233. The van der Waals surface area contributed by atoms with Crippen molar-refractivity contribution in [3.8, 4) is 18.1 Å². The Morgan fingerprint density at radius 3 is 2.77 bits per heavy atom. The van der Waals surface area contributed by atoms with Crippen LogP contribution in [0, 0.1) is 12.3 Å². The van der Waals surface area contributed by atoms with Crippen LogP contribution >= 0.6 is 0 Å². The van der Waals surface area contributed by atoms with Crippen LogP contribution < -0.4 is 15.4 Å². The molecule has 0 bridgehead atoms. The summed E-state index contributed by atoms with van der Waals surface area (Å²) in [4.78, 5) is 23.9. The Balaban J connectivity index is 1.33. The number of fused-ring (bicyclic) bond motifs is 2. The second-order valence-electron chi connectivity index (χ2n) is 9.21. The fourth-order valence-electron chi connectivity index (χ4n) is 4.63. The van der Waals surface area contributed by atoms with E-state index in [4.69, 9.17) is 25.4 Å². The molecule has 10 heteroatoms. The minimum Gasteiger partial charge on any atom is -0.489 e. The van der Waals surface area contributed by atoms with Crippen molar-refractivity contribution in [2.45, 2.75) is 12.2 Å². The van der Waals surface area contributed by atoms with Crippen LogP contribution in [0.3, 0.4) is 0 Å². The first-order chi connectivity index (χ1) is 19.1. The highest BCUT2D eigenvalue weighted by atomic mass is 16.6. The Bertz CT molecular complexity index is 1370. The van der Waals surface area contributed by atoms with Crippen LogP contribution in [-0.4, -0.2) is 86.2 Å². The van der Waals surface area contributed by atoms with E-state index in [9.17, 15) is 4.79 Å². The highest BCUT2D eigenvalue weighted by Crippen LogP contribution is 2.33. The van der Waals surface area contributed by atoms with Gasteiger partial charge in [-0.15, -0.1) is 6.42 Å². The normalized spacial score (nSPS) is 19.1. The standard InChI is InChI=1S/C29H31N5O5/c1-3-20-6-4-7-21(14-20)32-29-22-15-24(25(37-11-10-36-2)16-23(22)30-19-31-29)33-28(35)8-5-9-34-17-26-27(18-34)39-13-12-38-26/h1,4-8,14-16,19,26-27H,9-13,17-18H2,2H3,(H,33,35)(H,30,31,32)/b8-5+/t26-,27+. The number of nitrogens with one attached hydrogen (secondary N) is 2. The predicted molar refractivity (Wildman–Crippen MR) is 148 cm³/mol. The minimum atomic E-state index is -0.275. The molecule has 1 aromatic heterocycles. The number of terminal acetylenes is 1. The zero-order valence-electron chi connectivity index (χ0n) is 21.8. The molecule has 0 saturated carbocycles. The number of hydrogen-bond donors (Lipinski definition) is 2. The van der Waals surface area contributed by atoms with Crippen molar-refractivity contribution in [1.82, 2.24) is 14.9 Å². The van der Waals surface area contributed by atoms with E-state index in [0.29, 0.717) is 61.1 Å². The summed E-state index contributed by atoms with van der Waals surface area (Å²) in [6, 6.07) is 11.1. The van der Waals surface area contributed by atoms with Gasteiger partial charge in [0.2, 0.25) is 5.91 Å². The zero-order chi connectivity index (χ0) is 27.0. The lowest BCUT2D eigenvalue weighted by Crippen LogP contribution is -2.36. The van der Waals surface area contributed by atoms with Crippen LogP contribution in [-0.2, 0) is 19.0 Å². The van der Waals surface area contributed by atoms with Crippen molar-refractivity contribution in [3.05, 3.63) is 60.4 Å². The molecule has 1 amide bonds. The summed E-state index contributed by atoms with van der Waals surface area (Å²) in [7, 11) is 1.60. The molecule has 5 rings (SSSR count). The van der Waals surface area contributed by atoms with E-state index < -0.39 is 0 Å². The Kier molecular flexibility index (Phi) is 8.65. The third kappa shape index (κ3) is 6.71. The molecule has 2 aromatic carbocycles. The molecule has 2 N–H and O–H groups in total. The molecule has 2 fully saturated rings. The molecule has 0 aliphatic carbocycles. The van der Waals surface area contributed by atoms with Gasteiger partial charge < -0.3 is 29.6 Å². The van der Waals surface area contributed by atoms with Crippen LogP contribution in [0.15, 0.2) is 54.9 Å². The monoisotopic (exact) mass is 529 g/mol. The number of carbonyl (C=O) groups excluding carboxylic acids is 1. The van der Waals surface area contributed by atoms with Gasteiger partial charge in [0.25, 0.3) is 0 Å². The van der Waals surface area contributed by atoms with Gasteiger partial charge in [-0.05, 0) is 24.3 Å². The molecule has 39 heavy (non-hydrogen) atoms. The van der Waals surface area contributed by atoms with Crippen molar-refractivity contribution in [2.24, 2.45) is 0 Å². The van der Waals surface area contributed by atoms with Crippen molar-refractivity contribution < 1.29 is 23.7 Å². The number of aromatic nitrogens is 2. The Hall–Kier alpha value is -4.01. The van der Waals surface area contributed by atoms with Crippen molar-refractivity contribution in [3.63, 3.8) is 0 Å². The number of anilines is 3. The maximum atomic E-state index is 12.9. The van der Waals surface area contributed by atoms with E-state index in [0.717, 1.165) is 24.3 Å². The molecular weight excluding hydrogens is 498 g/mol. The third-order valence-corrected chi connectivity index (χ3v) is 6.50. The number of nitrogens with zero attached hydrogens (tertiary/aromatic N) is 3. The summed E-state index contributed by atoms with van der Waals surface area (Å²) in [6.45, 7) is 4.19. The molecule has 2 atom stereocenters. The average molecular weight is 530 g/mol. The molecule has 10 nitrogen and oxygen atoms in total. The van der Waals surface area contributed by atoms with E-state index in [1.165, 1.54) is 12.4 Å². The molecule has 3 aromatic rings. The first kappa shape index (κ1) is 26.6. The average Bonchev–Trinajstić information content (AvgIpc) is 3.37. The lowest BCUT2D eigenvalue weighted by molar-refractivity contribution is -0.116. The minimum absolute atomic E-state index is 0.101. The van der Waals surface area contributed by atoms with E-state index >= 15 is 0 Å². The second-order valence-corrected chi connectivity index (χ2v) is 9.21. The number of carbonyl (C=O) groups is 1. The topological polar surface area (TPSA) is 107 Å². The van der Waals surface area contributed by atoms with E-state index in [1.54, 1.807) is 19.2 Å². The molecular formula is C29H31N5O5. The van der Waals surface area contributed by atoms with Gasteiger partial charge in [0.05, 0.1) is 43.2 Å². The smallest absolute Gasteiger partial charge is 0.248 e. The van der Waals surface area contributed by atoms with Gasteiger partial charge in [0.15, 0.2) is 0 Å². The zero-order valence-corrected chi connectivity index (χ0v) is 21.8. The van der Waals surface area contributed by atoms with Gasteiger partial charge in [-0.3, -0.25) is 9.69 Å². The lowest BCUT2D eigenvalue weighted by Gasteiger charge is -2.24. The van der Waals surface area contributed by atoms with Crippen LogP contribution in [0.2, 0.25) is 0 Å². The maximum absolute atomic E-state index is 12.9. The second kappa shape index (κ2) is 12.7. The molecule has 2 saturated heterocycles. The van der Waals surface area contributed by atoms with Crippen LogP contribution in [0.5, 0.6) is 5.75 Å². The fourth-order valence-corrected chi connectivity index (χ4v) is 4.63. The molecule has 0 unspecified atom stereocenters. The third-order valence-electron chi connectivity index (χ3n) is 6.50. The number of ether oxygens (including phenoxy) is 4. The number of likely N-dealkylation sites (tertiary alicyclic amines) is 1. The van der Waals surface area contributed by atoms with Crippen LogP contribution in [0.25, 0.3) is 10.9 Å². The summed E-state index contributed by atoms with van der Waals surface area (Å²) in [5.74, 6) is 3.41. The molecule has 2 aliphatic rings. The molecule has 2 aliphatic heterocycles. The Morgan fingerprint density at radius 1 is 1.18 bits per heavy atom. The molecule has 202 valence electrons. The lowest BCUT2D eigenvalue weighted by atomic mass is 10.1. The summed E-state index contributed by atoms with van der Waals surface area (Å²) < 4.78 is 22.6. The van der Waals surface area contributed by atoms with Crippen molar-refractivity contribution in [1.29, 1.82) is 0 Å². The number of amides is 1. The summed E-state index contributed by atoms with van der Waals surface area (Å²) in [6.07, 6.45) is 10.6. The number of benzene rings is 2. The number of methoxy groups -OCH3 is 1. The SMILES string of the molecule is C#Cc1cccc(Nc2ncnc3cc(OCCOC)c(NC(=O)/C=C/CN4C[C@@H]5OCCO[C@@H]5C4)cc23)c1. The highest BCUT2D eigenvalue weighted by molar-refractivity contribution is 6.03. The first-order valence-electron chi connectivity index (χ1n) is 12.8. The summed E-state index contributed by atoms with van der Waals surface area (Å²) >= 11 is 0. The highest BCUT2D eigenvalue weighted by Gasteiger charge is 2.35. The molecule has 0 spiro atoms. The predicted octanol–water partition coefficient (Wildman–Crippen LogP) is 2.97.